The number of hydrogen-bond donors (Lipinski definition) is 4. The highest BCUT2D eigenvalue weighted by atomic mass is 35.5. The predicted octanol–water partition coefficient (Wildman–Crippen LogP) is 1.62. The van der Waals surface area contributed by atoms with Gasteiger partial charge in [0, 0.05) is 12.6 Å². The first-order valence-corrected chi connectivity index (χ1v) is 6.13. The van der Waals surface area contributed by atoms with Crippen LogP contribution in [-0.2, 0) is 0 Å². The van der Waals surface area contributed by atoms with E-state index >= 15 is 0 Å². The summed E-state index contributed by atoms with van der Waals surface area (Å²) in [5.74, 6) is 6.06. The number of aliphatic hydroxyl groups excluding tert-OH is 1. The Bertz CT molecular complexity index is 394. The lowest BCUT2D eigenvalue weighted by molar-refractivity contribution is 0.235. The van der Waals surface area contributed by atoms with Gasteiger partial charge >= 0.3 is 0 Å². The number of nitrogens with two attached hydrogens (primary N) is 1. The fourth-order valence-corrected chi connectivity index (χ4v) is 1.70. The lowest BCUT2D eigenvalue weighted by Gasteiger charge is -2.31. The Hall–Kier alpha value is -1.11. The second-order valence-corrected chi connectivity index (χ2v) is 5.52. The van der Waals surface area contributed by atoms with E-state index < -0.39 is 0 Å². The average Bonchev–Trinajstić information content (AvgIpc) is 2.30. The van der Waals surface area contributed by atoms with E-state index in [0.29, 0.717) is 23.2 Å². The van der Waals surface area contributed by atoms with Crippen LogP contribution in [0.3, 0.4) is 0 Å². The third-order valence-corrected chi connectivity index (χ3v) is 2.92. The van der Waals surface area contributed by atoms with Crippen molar-refractivity contribution < 1.29 is 5.11 Å². The zero-order valence-electron chi connectivity index (χ0n) is 10.9. The molecule has 0 aromatic carbocycles. The second-order valence-electron chi connectivity index (χ2n) is 5.11. The van der Waals surface area contributed by atoms with Gasteiger partial charge in [-0.15, -0.1) is 0 Å². The van der Waals surface area contributed by atoms with E-state index in [1.807, 2.05) is 0 Å². The summed E-state index contributed by atoms with van der Waals surface area (Å²) < 4.78 is 0. The van der Waals surface area contributed by atoms with Crippen LogP contribution in [0.4, 0.5) is 11.8 Å². The van der Waals surface area contributed by atoms with Crippen LogP contribution in [-0.4, -0.2) is 27.7 Å². The standard InChI is InChI=1S/C11H20ClN5O/c1-11(2,3)8(4-5-18)15-9-7(12)6-14-10(16-9)17-13/h6,8,18H,4-5,13H2,1-3H3,(H2,14,15,16,17). The van der Waals surface area contributed by atoms with Crippen molar-refractivity contribution in [1.82, 2.24) is 9.97 Å². The van der Waals surface area contributed by atoms with E-state index in [-0.39, 0.29) is 18.1 Å². The number of hydrazine groups is 1. The van der Waals surface area contributed by atoms with Crippen LogP contribution < -0.4 is 16.6 Å². The Kier molecular flexibility index (Phi) is 5.13. The summed E-state index contributed by atoms with van der Waals surface area (Å²) >= 11 is 6.03. The molecule has 1 aromatic rings. The maximum Gasteiger partial charge on any atom is 0.239 e. The smallest absolute Gasteiger partial charge is 0.239 e. The number of nitrogens with one attached hydrogen (secondary N) is 2. The predicted molar refractivity (Wildman–Crippen MR) is 73.4 cm³/mol. The zero-order valence-corrected chi connectivity index (χ0v) is 11.6. The monoisotopic (exact) mass is 273 g/mol. The van der Waals surface area contributed by atoms with Crippen LogP contribution in [0.5, 0.6) is 0 Å². The van der Waals surface area contributed by atoms with E-state index in [1.54, 1.807) is 0 Å². The number of anilines is 2. The Balaban J connectivity index is 2.92. The van der Waals surface area contributed by atoms with E-state index in [1.165, 1.54) is 6.20 Å². The van der Waals surface area contributed by atoms with Gasteiger partial charge in [0.25, 0.3) is 0 Å². The molecule has 0 aliphatic rings. The van der Waals surface area contributed by atoms with Gasteiger partial charge in [0.2, 0.25) is 5.95 Å². The van der Waals surface area contributed by atoms with Gasteiger partial charge in [-0.25, -0.2) is 10.8 Å². The molecule has 102 valence electrons. The number of aliphatic hydroxyl groups is 1. The van der Waals surface area contributed by atoms with Crippen molar-refractivity contribution in [1.29, 1.82) is 0 Å². The molecule has 5 N–H and O–H groups in total. The van der Waals surface area contributed by atoms with Crippen molar-refractivity contribution in [2.24, 2.45) is 11.3 Å². The molecule has 6 nitrogen and oxygen atoms in total. The number of aromatic nitrogens is 2. The van der Waals surface area contributed by atoms with E-state index in [9.17, 15) is 0 Å². The van der Waals surface area contributed by atoms with Gasteiger partial charge in [0.1, 0.15) is 5.02 Å². The molecule has 18 heavy (non-hydrogen) atoms. The van der Waals surface area contributed by atoms with Crippen LogP contribution in [0, 0.1) is 5.41 Å². The topological polar surface area (TPSA) is 96.1 Å². The summed E-state index contributed by atoms with van der Waals surface area (Å²) in [7, 11) is 0. The van der Waals surface area contributed by atoms with Crippen LogP contribution in [0.2, 0.25) is 5.02 Å². The fraction of sp³-hybridized carbons (Fsp3) is 0.636. The third kappa shape index (κ3) is 3.97. The summed E-state index contributed by atoms with van der Waals surface area (Å²) in [6.07, 6.45) is 2.08. The molecule has 1 aromatic heterocycles. The average molecular weight is 274 g/mol. The maximum absolute atomic E-state index is 9.11. The number of hydrogen-bond acceptors (Lipinski definition) is 6. The Morgan fingerprint density at radius 2 is 2.17 bits per heavy atom. The van der Waals surface area contributed by atoms with E-state index in [2.05, 4.69) is 41.5 Å². The minimum absolute atomic E-state index is 0.0344. The molecule has 0 spiro atoms. The molecule has 1 heterocycles. The third-order valence-electron chi connectivity index (χ3n) is 2.65. The number of halogens is 1. The van der Waals surface area contributed by atoms with Gasteiger partial charge in [-0.2, -0.15) is 4.98 Å². The molecule has 0 aliphatic carbocycles. The quantitative estimate of drug-likeness (QED) is 0.481. The molecule has 0 fully saturated rings. The van der Waals surface area contributed by atoms with Crippen molar-refractivity contribution in [2.45, 2.75) is 33.2 Å². The molecular formula is C11H20ClN5O. The van der Waals surface area contributed by atoms with Crippen molar-refractivity contribution in [3.63, 3.8) is 0 Å². The largest absolute Gasteiger partial charge is 0.396 e. The number of nitrogens with zero attached hydrogens (tertiary/aromatic N) is 2. The molecule has 1 unspecified atom stereocenters. The molecule has 1 rings (SSSR count). The molecular weight excluding hydrogens is 254 g/mol. The number of nitrogen functional groups attached to an aromatic ring is 1. The van der Waals surface area contributed by atoms with Crippen molar-refractivity contribution in [2.75, 3.05) is 17.3 Å². The van der Waals surface area contributed by atoms with Gasteiger partial charge < -0.3 is 10.4 Å². The highest BCUT2D eigenvalue weighted by Gasteiger charge is 2.25. The Labute approximate surface area is 112 Å². The van der Waals surface area contributed by atoms with Crippen LogP contribution >= 0.6 is 11.6 Å². The van der Waals surface area contributed by atoms with Gasteiger partial charge in [-0.3, -0.25) is 5.43 Å². The Morgan fingerprint density at radius 3 is 2.67 bits per heavy atom. The van der Waals surface area contributed by atoms with Gasteiger partial charge in [-0.05, 0) is 11.8 Å². The summed E-state index contributed by atoms with van der Waals surface area (Å²) in [6, 6.07) is 0.0422. The SMILES string of the molecule is CC(C)(C)C(CCO)Nc1nc(NN)ncc1Cl. The molecule has 0 saturated heterocycles. The minimum Gasteiger partial charge on any atom is -0.396 e. The van der Waals surface area contributed by atoms with Gasteiger partial charge in [-0.1, -0.05) is 32.4 Å². The molecule has 0 saturated carbocycles. The van der Waals surface area contributed by atoms with Crippen molar-refractivity contribution in [3.05, 3.63) is 11.2 Å². The maximum atomic E-state index is 9.11. The highest BCUT2D eigenvalue weighted by Crippen LogP contribution is 2.28. The highest BCUT2D eigenvalue weighted by molar-refractivity contribution is 6.32. The molecule has 0 aliphatic heterocycles. The van der Waals surface area contributed by atoms with Crippen LogP contribution in [0.25, 0.3) is 0 Å². The van der Waals surface area contributed by atoms with Gasteiger partial charge in [0.15, 0.2) is 5.82 Å². The molecule has 1 atom stereocenters. The molecule has 7 heteroatoms. The van der Waals surface area contributed by atoms with Crippen LogP contribution in [0.15, 0.2) is 6.20 Å². The Morgan fingerprint density at radius 1 is 1.50 bits per heavy atom. The first-order chi connectivity index (χ1) is 8.38. The lowest BCUT2D eigenvalue weighted by Crippen LogP contribution is -2.35. The first kappa shape index (κ1) is 14.9. The summed E-state index contributed by atoms with van der Waals surface area (Å²) in [5, 5.41) is 12.8. The summed E-state index contributed by atoms with van der Waals surface area (Å²) in [6.45, 7) is 6.34. The first-order valence-electron chi connectivity index (χ1n) is 5.75. The number of rotatable bonds is 5. The van der Waals surface area contributed by atoms with Crippen molar-refractivity contribution >= 4 is 23.4 Å². The van der Waals surface area contributed by atoms with E-state index in [0.717, 1.165) is 0 Å². The van der Waals surface area contributed by atoms with E-state index in [4.69, 9.17) is 22.6 Å². The minimum atomic E-state index is -0.0344. The summed E-state index contributed by atoms with van der Waals surface area (Å²) in [4.78, 5) is 8.06. The normalized spacial score (nSPS) is 13.2. The fourth-order valence-electron chi connectivity index (χ4n) is 1.55. The molecule has 0 radical (unpaired) electrons. The lowest BCUT2D eigenvalue weighted by atomic mass is 9.85. The second kappa shape index (κ2) is 6.17. The zero-order chi connectivity index (χ0) is 13.8. The summed E-state index contributed by atoms with van der Waals surface area (Å²) in [5.41, 5.74) is 2.33. The molecule has 0 bridgehead atoms. The molecule has 0 amide bonds. The van der Waals surface area contributed by atoms with Crippen molar-refractivity contribution in [3.8, 4) is 0 Å². The van der Waals surface area contributed by atoms with Crippen LogP contribution in [0.1, 0.15) is 27.2 Å². The van der Waals surface area contributed by atoms with Gasteiger partial charge in [0.05, 0.1) is 6.20 Å².